The number of pyridine rings is 3. The van der Waals surface area contributed by atoms with Crippen molar-refractivity contribution >= 4 is 28.2 Å². The van der Waals surface area contributed by atoms with Crippen molar-refractivity contribution in [2.75, 3.05) is 5.32 Å². The molecule has 0 saturated carbocycles. The monoisotopic (exact) mass is 251 g/mol. The average molecular weight is 251 g/mol. The molecule has 3 aromatic heterocycles. The molecule has 3 rings (SSSR count). The Morgan fingerprint density at radius 2 is 1.95 bits per heavy atom. The minimum absolute atomic E-state index is 0.323. The van der Waals surface area contributed by atoms with Gasteiger partial charge in [-0.1, -0.05) is 0 Å². The lowest BCUT2D eigenvalue weighted by atomic mass is 10.3. The Morgan fingerprint density at radius 1 is 1.00 bits per heavy atom. The van der Waals surface area contributed by atoms with E-state index in [2.05, 4.69) is 25.4 Å². The van der Waals surface area contributed by atoms with E-state index in [9.17, 15) is 4.91 Å². The van der Waals surface area contributed by atoms with E-state index in [1.54, 1.807) is 24.5 Å². The molecule has 3 aromatic rings. The number of nitrogens with one attached hydrogen (secondary N) is 1. The number of nitroso groups, excluding NO2 is 1. The lowest BCUT2D eigenvalue weighted by Crippen LogP contribution is -1.94. The van der Waals surface area contributed by atoms with Gasteiger partial charge in [0.05, 0.1) is 22.9 Å². The SMILES string of the molecule is O=Nc1ccnc(Nc2cnc3cccnc3c2)c1. The second-order valence-electron chi connectivity index (χ2n) is 3.88. The highest BCUT2D eigenvalue weighted by Gasteiger charge is 2.01. The van der Waals surface area contributed by atoms with E-state index in [0.717, 1.165) is 16.7 Å². The zero-order valence-electron chi connectivity index (χ0n) is 9.82. The molecule has 0 amide bonds. The van der Waals surface area contributed by atoms with Crippen molar-refractivity contribution in [3.05, 3.63) is 53.8 Å². The quantitative estimate of drug-likeness (QED) is 0.723. The first-order valence-corrected chi connectivity index (χ1v) is 5.62. The summed E-state index contributed by atoms with van der Waals surface area (Å²) in [5, 5.41) is 5.92. The predicted molar refractivity (Wildman–Crippen MR) is 72.5 cm³/mol. The third kappa shape index (κ3) is 2.37. The molecule has 19 heavy (non-hydrogen) atoms. The highest BCUT2D eigenvalue weighted by molar-refractivity contribution is 5.78. The van der Waals surface area contributed by atoms with Gasteiger partial charge in [0.2, 0.25) is 0 Å². The summed E-state index contributed by atoms with van der Waals surface area (Å²) in [5.41, 5.74) is 2.69. The summed E-state index contributed by atoms with van der Waals surface area (Å²) >= 11 is 0. The molecule has 0 fully saturated rings. The summed E-state index contributed by atoms with van der Waals surface area (Å²) in [6.07, 6.45) is 4.92. The predicted octanol–water partition coefficient (Wildman–Crippen LogP) is 3.17. The van der Waals surface area contributed by atoms with E-state index in [4.69, 9.17) is 0 Å². The van der Waals surface area contributed by atoms with Crippen molar-refractivity contribution in [1.29, 1.82) is 0 Å². The first kappa shape index (κ1) is 11.2. The molecular weight excluding hydrogens is 242 g/mol. The van der Waals surface area contributed by atoms with Gasteiger partial charge in [-0.05, 0) is 29.4 Å². The molecular formula is C13H9N5O. The topological polar surface area (TPSA) is 80.1 Å². The summed E-state index contributed by atoms with van der Waals surface area (Å²) in [7, 11) is 0. The molecule has 0 aliphatic carbocycles. The number of fused-ring (bicyclic) bond motifs is 1. The number of rotatable bonds is 3. The van der Waals surface area contributed by atoms with Crippen molar-refractivity contribution in [2.45, 2.75) is 0 Å². The number of aromatic nitrogens is 3. The number of hydrogen-bond acceptors (Lipinski definition) is 6. The van der Waals surface area contributed by atoms with Gasteiger partial charge in [0.25, 0.3) is 0 Å². The fraction of sp³-hybridized carbons (Fsp3) is 0. The summed E-state index contributed by atoms with van der Waals surface area (Å²) < 4.78 is 0. The van der Waals surface area contributed by atoms with Crippen LogP contribution in [0.15, 0.2) is 54.1 Å². The van der Waals surface area contributed by atoms with Crippen LogP contribution in [0.4, 0.5) is 17.2 Å². The van der Waals surface area contributed by atoms with Crippen LogP contribution in [0.5, 0.6) is 0 Å². The van der Waals surface area contributed by atoms with E-state index in [-0.39, 0.29) is 0 Å². The van der Waals surface area contributed by atoms with Gasteiger partial charge in [-0.15, -0.1) is 4.91 Å². The largest absolute Gasteiger partial charge is 0.339 e. The lowest BCUT2D eigenvalue weighted by molar-refractivity contribution is 1.28. The molecule has 0 unspecified atom stereocenters. The van der Waals surface area contributed by atoms with Crippen molar-refractivity contribution in [3.8, 4) is 0 Å². The molecule has 6 heteroatoms. The second-order valence-corrected chi connectivity index (χ2v) is 3.88. The molecule has 0 atom stereocenters. The Kier molecular flexibility index (Phi) is 2.82. The Hall–Kier alpha value is -2.89. The standard InChI is InChI=1S/C13H9N5O/c19-18-9-3-5-15-13(7-9)17-10-6-12-11(16-8-10)2-1-4-14-12/h1-8H,(H,15,17). The van der Waals surface area contributed by atoms with E-state index in [1.165, 1.54) is 6.20 Å². The number of hydrogen-bond donors (Lipinski definition) is 1. The number of nitrogens with zero attached hydrogens (tertiary/aromatic N) is 4. The van der Waals surface area contributed by atoms with Crippen LogP contribution in [-0.2, 0) is 0 Å². The number of anilines is 2. The smallest absolute Gasteiger partial charge is 0.132 e. The zero-order chi connectivity index (χ0) is 13.1. The van der Waals surface area contributed by atoms with Gasteiger partial charge in [-0.3, -0.25) is 9.97 Å². The van der Waals surface area contributed by atoms with Crippen LogP contribution in [0.2, 0.25) is 0 Å². The van der Waals surface area contributed by atoms with Gasteiger partial charge < -0.3 is 5.32 Å². The molecule has 6 nitrogen and oxygen atoms in total. The van der Waals surface area contributed by atoms with Gasteiger partial charge >= 0.3 is 0 Å². The van der Waals surface area contributed by atoms with Gasteiger partial charge in [-0.25, -0.2) is 4.98 Å². The van der Waals surface area contributed by atoms with Gasteiger partial charge in [0, 0.05) is 18.5 Å². The Labute approximate surface area is 108 Å². The molecule has 3 heterocycles. The Bertz CT molecular complexity index is 744. The van der Waals surface area contributed by atoms with Crippen LogP contribution >= 0.6 is 0 Å². The lowest BCUT2D eigenvalue weighted by Gasteiger charge is -2.05. The van der Waals surface area contributed by atoms with E-state index >= 15 is 0 Å². The van der Waals surface area contributed by atoms with Crippen LogP contribution in [-0.4, -0.2) is 15.0 Å². The summed E-state index contributed by atoms with van der Waals surface area (Å²) in [5.74, 6) is 0.536. The van der Waals surface area contributed by atoms with Crippen molar-refractivity contribution in [1.82, 2.24) is 15.0 Å². The highest BCUT2D eigenvalue weighted by atomic mass is 16.3. The molecule has 0 radical (unpaired) electrons. The second kappa shape index (κ2) is 4.77. The van der Waals surface area contributed by atoms with Crippen LogP contribution in [0.3, 0.4) is 0 Å². The first-order valence-electron chi connectivity index (χ1n) is 5.62. The fourth-order valence-electron chi connectivity index (χ4n) is 1.71. The van der Waals surface area contributed by atoms with Gasteiger partial charge in [-0.2, -0.15) is 0 Å². The minimum atomic E-state index is 0.323. The zero-order valence-corrected chi connectivity index (χ0v) is 9.82. The van der Waals surface area contributed by atoms with Crippen LogP contribution in [0, 0.1) is 4.91 Å². The molecule has 0 bridgehead atoms. The fourth-order valence-corrected chi connectivity index (χ4v) is 1.71. The van der Waals surface area contributed by atoms with Crippen LogP contribution in [0.25, 0.3) is 11.0 Å². The van der Waals surface area contributed by atoms with Gasteiger partial charge in [0.15, 0.2) is 0 Å². The maximum absolute atomic E-state index is 10.5. The van der Waals surface area contributed by atoms with Crippen molar-refractivity contribution in [2.24, 2.45) is 5.18 Å². The molecule has 0 saturated heterocycles. The van der Waals surface area contributed by atoms with Gasteiger partial charge in [0.1, 0.15) is 11.5 Å². The maximum Gasteiger partial charge on any atom is 0.132 e. The molecule has 0 aliphatic rings. The third-order valence-corrected chi connectivity index (χ3v) is 2.57. The van der Waals surface area contributed by atoms with Crippen LogP contribution < -0.4 is 5.32 Å². The average Bonchev–Trinajstić information content (AvgIpc) is 2.47. The van der Waals surface area contributed by atoms with E-state index < -0.39 is 0 Å². The molecule has 92 valence electrons. The van der Waals surface area contributed by atoms with Crippen molar-refractivity contribution < 1.29 is 0 Å². The summed E-state index contributed by atoms with van der Waals surface area (Å²) in [4.78, 5) is 23.1. The summed E-state index contributed by atoms with van der Waals surface area (Å²) in [6.45, 7) is 0. The van der Waals surface area contributed by atoms with Crippen LogP contribution in [0.1, 0.15) is 0 Å². The first-order chi connectivity index (χ1) is 9.35. The Morgan fingerprint density at radius 3 is 2.84 bits per heavy atom. The Balaban J connectivity index is 1.94. The van der Waals surface area contributed by atoms with Crippen molar-refractivity contribution in [3.63, 3.8) is 0 Å². The molecule has 1 N–H and O–H groups in total. The highest BCUT2D eigenvalue weighted by Crippen LogP contribution is 2.20. The van der Waals surface area contributed by atoms with E-state index in [1.807, 2.05) is 18.2 Å². The maximum atomic E-state index is 10.5. The molecule has 0 aliphatic heterocycles. The molecule has 0 aromatic carbocycles. The third-order valence-electron chi connectivity index (χ3n) is 2.57. The minimum Gasteiger partial charge on any atom is -0.339 e. The normalized spacial score (nSPS) is 10.3. The summed E-state index contributed by atoms with van der Waals surface area (Å²) in [6, 6.07) is 8.70. The molecule has 0 spiro atoms. The van der Waals surface area contributed by atoms with E-state index in [0.29, 0.717) is 11.5 Å².